The molecule has 0 aliphatic carbocycles. The van der Waals surface area contributed by atoms with Crippen molar-refractivity contribution in [1.82, 2.24) is 14.7 Å². The molecule has 0 radical (unpaired) electrons. The van der Waals surface area contributed by atoms with E-state index in [1.807, 2.05) is 4.90 Å². The van der Waals surface area contributed by atoms with Crippen LogP contribution in [0.4, 0.5) is 5.82 Å². The number of piperidine rings is 1. The lowest BCUT2D eigenvalue weighted by Crippen LogP contribution is -2.44. The molecular formula is C12H20N4O. The maximum Gasteiger partial charge on any atom is 0.272 e. The van der Waals surface area contributed by atoms with E-state index >= 15 is 0 Å². The van der Waals surface area contributed by atoms with Gasteiger partial charge in [-0.15, -0.1) is 0 Å². The summed E-state index contributed by atoms with van der Waals surface area (Å²) in [5.74, 6) is 0.462. The van der Waals surface area contributed by atoms with E-state index in [-0.39, 0.29) is 5.91 Å². The molecule has 1 aliphatic rings. The maximum absolute atomic E-state index is 12.4. The van der Waals surface area contributed by atoms with E-state index in [0.29, 0.717) is 17.6 Å². The van der Waals surface area contributed by atoms with Gasteiger partial charge in [-0.3, -0.25) is 9.48 Å². The lowest BCUT2D eigenvalue weighted by Gasteiger charge is -2.35. The summed E-state index contributed by atoms with van der Waals surface area (Å²) in [6, 6.07) is 2.02. The molecule has 0 spiro atoms. The highest BCUT2D eigenvalue weighted by atomic mass is 16.2. The Kier molecular flexibility index (Phi) is 3.36. The van der Waals surface area contributed by atoms with Crippen LogP contribution < -0.4 is 5.73 Å². The van der Waals surface area contributed by atoms with E-state index in [9.17, 15) is 4.79 Å². The smallest absolute Gasteiger partial charge is 0.272 e. The van der Waals surface area contributed by atoms with Gasteiger partial charge in [0.1, 0.15) is 11.5 Å². The van der Waals surface area contributed by atoms with E-state index in [2.05, 4.69) is 12.0 Å². The van der Waals surface area contributed by atoms with Gasteiger partial charge >= 0.3 is 0 Å². The van der Waals surface area contributed by atoms with Gasteiger partial charge < -0.3 is 10.6 Å². The highest BCUT2D eigenvalue weighted by Gasteiger charge is 2.27. The van der Waals surface area contributed by atoms with Crippen molar-refractivity contribution in [3.8, 4) is 0 Å². The summed E-state index contributed by atoms with van der Waals surface area (Å²) >= 11 is 0. The predicted octanol–water partition coefficient (Wildman–Crippen LogP) is 1.41. The Balaban J connectivity index is 2.21. The Hall–Kier alpha value is -1.52. The van der Waals surface area contributed by atoms with Crippen LogP contribution in [0.5, 0.6) is 0 Å². The van der Waals surface area contributed by atoms with Crippen LogP contribution in [0, 0.1) is 0 Å². The van der Waals surface area contributed by atoms with Gasteiger partial charge in [0.05, 0.1) is 0 Å². The van der Waals surface area contributed by atoms with Gasteiger partial charge in [0, 0.05) is 25.7 Å². The van der Waals surface area contributed by atoms with Crippen LogP contribution in [-0.4, -0.2) is 33.2 Å². The van der Waals surface area contributed by atoms with Crippen molar-refractivity contribution in [1.29, 1.82) is 0 Å². The third-order valence-electron chi connectivity index (χ3n) is 3.48. The van der Waals surface area contributed by atoms with Crippen LogP contribution in [0.15, 0.2) is 6.07 Å². The van der Waals surface area contributed by atoms with Gasteiger partial charge in [-0.1, -0.05) is 6.92 Å². The van der Waals surface area contributed by atoms with E-state index in [1.165, 1.54) is 6.42 Å². The molecule has 1 aromatic rings. The lowest BCUT2D eigenvalue weighted by atomic mass is 9.99. The molecule has 1 fully saturated rings. The first kappa shape index (κ1) is 12.0. The van der Waals surface area contributed by atoms with Gasteiger partial charge in [0.15, 0.2) is 0 Å². The summed E-state index contributed by atoms with van der Waals surface area (Å²) in [4.78, 5) is 14.4. The van der Waals surface area contributed by atoms with E-state index in [1.54, 1.807) is 17.8 Å². The first-order chi connectivity index (χ1) is 8.13. The number of aryl methyl sites for hydroxylation is 1. The second-order valence-corrected chi connectivity index (χ2v) is 4.63. The largest absolute Gasteiger partial charge is 0.382 e. The number of nitrogens with zero attached hydrogens (tertiary/aromatic N) is 3. The molecule has 2 heterocycles. The molecule has 1 saturated heterocycles. The minimum atomic E-state index is 0.0586. The summed E-state index contributed by atoms with van der Waals surface area (Å²) < 4.78 is 1.57. The molecule has 17 heavy (non-hydrogen) atoms. The second-order valence-electron chi connectivity index (χ2n) is 4.63. The number of carbonyl (C=O) groups excluding carboxylic acids is 1. The average Bonchev–Trinajstić information content (AvgIpc) is 2.67. The lowest BCUT2D eigenvalue weighted by molar-refractivity contribution is 0.0596. The number of likely N-dealkylation sites (tertiary alicyclic amines) is 1. The molecule has 1 aliphatic heterocycles. The molecule has 2 N–H and O–H groups in total. The van der Waals surface area contributed by atoms with E-state index in [0.717, 1.165) is 25.8 Å². The first-order valence-electron chi connectivity index (χ1n) is 6.24. The number of nitrogen functional groups attached to an aromatic ring is 1. The standard InChI is InChI=1S/C12H20N4O/c1-3-9-6-4-5-7-16(9)12(17)10-8-11(13)14-15(10)2/h8-9H,3-7H2,1-2H3,(H2,13,14)/t9-/m1/s1. The molecule has 1 atom stereocenters. The van der Waals surface area contributed by atoms with Crippen LogP contribution >= 0.6 is 0 Å². The molecule has 0 unspecified atom stereocenters. The molecule has 0 bridgehead atoms. The number of nitrogens with two attached hydrogens (primary N) is 1. The van der Waals surface area contributed by atoms with Gasteiger partial charge in [0.2, 0.25) is 0 Å². The van der Waals surface area contributed by atoms with Crippen molar-refractivity contribution in [2.45, 2.75) is 38.6 Å². The SMILES string of the molecule is CC[C@@H]1CCCCN1C(=O)c1cc(N)nn1C. The third-order valence-corrected chi connectivity index (χ3v) is 3.48. The Bertz CT molecular complexity index is 413. The quantitative estimate of drug-likeness (QED) is 0.844. The van der Waals surface area contributed by atoms with Crippen LogP contribution in [0.3, 0.4) is 0 Å². The van der Waals surface area contributed by atoms with Crippen LogP contribution in [0.25, 0.3) is 0 Å². The van der Waals surface area contributed by atoms with Crippen LogP contribution in [0.2, 0.25) is 0 Å². The average molecular weight is 236 g/mol. The molecule has 2 rings (SSSR count). The topological polar surface area (TPSA) is 64.2 Å². The fourth-order valence-electron chi connectivity index (χ4n) is 2.53. The summed E-state index contributed by atoms with van der Waals surface area (Å²) in [5, 5.41) is 4.02. The minimum absolute atomic E-state index is 0.0586. The number of carbonyl (C=O) groups is 1. The van der Waals surface area contributed by atoms with Gasteiger partial charge in [-0.05, 0) is 25.7 Å². The summed E-state index contributed by atoms with van der Waals surface area (Å²) in [7, 11) is 1.76. The summed E-state index contributed by atoms with van der Waals surface area (Å²) in [5.41, 5.74) is 6.20. The van der Waals surface area contributed by atoms with Crippen molar-refractivity contribution in [3.05, 3.63) is 11.8 Å². The Labute approximate surface area is 102 Å². The van der Waals surface area contributed by atoms with Gasteiger partial charge in [-0.25, -0.2) is 0 Å². The van der Waals surface area contributed by atoms with Gasteiger partial charge in [-0.2, -0.15) is 5.10 Å². The third kappa shape index (κ3) is 2.28. The number of rotatable bonds is 2. The van der Waals surface area contributed by atoms with E-state index in [4.69, 9.17) is 5.73 Å². The highest BCUT2D eigenvalue weighted by molar-refractivity contribution is 5.93. The number of amides is 1. The molecular weight excluding hydrogens is 216 g/mol. The fraction of sp³-hybridized carbons (Fsp3) is 0.667. The predicted molar refractivity (Wildman–Crippen MR) is 66.6 cm³/mol. The number of anilines is 1. The van der Waals surface area contributed by atoms with Crippen LogP contribution in [0.1, 0.15) is 43.1 Å². The molecule has 0 saturated carbocycles. The first-order valence-corrected chi connectivity index (χ1v) is 6.24. The van der Waals surface area contributed by atoms with Crippen molar-refractivity contribution < 1.29 is 4.79 Å². The number of aromatic nitrogens is 2. The van der Waals surface area contributed by atoms with Crippen molar-refractivity contribution in [3.63, 3.8) is 0 Å². The normalized spacial score (nSPS) is 20.6. The van der Waals surface area contributed by atoms with E-state index < -0.39 is 0 Å². The molecule has 5 heteroatoms. The summed E-state index contributed by atoms with van der Waals surface area (Å²) in [6.45, 7) is 2.98. The van der Waals surface area contributed by atoms with Crippen molar-refractivity contribution in [2.75, 3.05) is 12.3 Å². The Morgan fingerprint density at radius 1 is 1.59 bits per heavy atom. The molecule has 5 nitrogen and oxygen atoms in total. The molecule has 1 amide bonds. The molecule has 1 aromatic heterocycles. The number of hydrogen-bond donors (Lipinski definition) is 1. The molecule has 0 aromatic carbocycles. The summed E-state index contributed by atoms with van der Waals surface area (Å²) in [6.07, 6.45) is 4.43. The van der Waals surface area contributed by atoms with Gasteiger partial charge in [0.25, 0.3) is 5.91 Å². The Morgan fingerprint density at radius 3 is 2.94 bits per heavy atom. The minimum Gasteiger partial charge on any atom is -0.382 e. The maximum atomic E-state index is 12.4. The highest BCUT2D eigenvalue weighted by Crippen LogP contribution is 2.22. The molecule has 94 valence electrons. The zero-order valence-corrected chi connectivity index (χ0v) is 10.5. The zero-order chi connectivity index (χ0) is 12.4. The monoisotopic (exact) mass is 236 g/mol. The zero-order valence-electron chi connectivity index (χ0n) is 10.5. The Morgan fingerprint density at radius 2 is 2.35 bits per heavy atom. The van der Waals surface area contributed by atoms with Crippen molar-refractivity contribution >= 4 is 11.7 Å². The number of hydrogen-bond acceptors (Lipinski definition) is 3. The fourth-order valence-corrected chi connectivity index (χ4v) is 2.53. The van der Waals surface area contributed by atoms with Crippen LogP contribution in [-0.2, 0) is 7.05 Å². The van der Waals surface area contributed by atoms with Crippen molar-refractivity contribution in [2.24, 2.45) is 7.05 Å². The second kappa shape index (κ2) is 4.77.